The molecule has 1 aromatic carbocycles. The number of aromatic nitrogens is 2. The van der Waals surface area contributed by atoms with Crippen LogP contribution in [-0.4, -0.2) is 42.2 Å². The Morgan fingerprint density at radius 3 is 2.56 bits per heavy atom. The first-order chi connectivity index (χ1) is 13.0. The fourth-order valence-electron chi connectivity index (χ4n) is 2.34. The van der Waals surface area contributed by atoms with Crippen LogP contribution in [-0.2, 0) is 21.4 Å². The molecule has 0 aliphatic heterocycles. The molecule has 27 heavy (non-hydrogen) atoms. The number of likely N-dealkylation sites (N-methyl/N-ethyl adjacent to an activating group) is 1. The average molecular weight is 403 g/mol. The van der Waals surface area contributed by atoms with Crippen molar-refractivity contribution in [3.05, 3.63) is 65.2 Å². The molecular weight excluding hydrogens is 384 g/mol. The molecule has 0 saturated carbocycles. The summed E-state index contributed by atoms with van der Waals surface area (Å²) in [5.74, 6) is -0.391. The van der Waals surface area contributed by atoms with Crippen LogP contribution in [0.3, 0.4) is 0 Å². The number of thiazole rings is 1. The molecule has 2 aromatic heterocycles. The first-order valence-corrected chi connectivity index (χ1v) is 10.4. The second-order valence-electron chi connectivity index (χ2n) is 5.71. The summed E-state index contributed by atoms with van der Waals surface area (Å²) in [6.45, 7) is -0.0202. The monoisotopic (exact) mass is 402 g/mol. The molecule has 1 amide bonds. The Morgan fingerprint density at radius 2 is 1.85 bits per heavy atom. The highest BCUT2D eigenvalue weighted by Crippen LogP contribution is 2.21. The molecule has 3 rings (SSSR count). The molecule has 3 aromatic rings. The van der Waals surface area contributed by atoms with E-state index in [4.69, 9.17) is 0 Å². The van der Waals surface area contributed by atoms with Crippen molar-refractivity contribution in [2.75, 3.05) is 13.6 Å². The number of sulfonamides is 1. The minimum absolute atomic E-state index is 0.155. The third-order valence-corrected chi connectivity index (χ3v) is 6.45. The normalized spacial score (nSPS) is 11.5. The van der Waals surface area contributed by atoms with E-state index in [0.717, 1.165) is 20.6 Å². The Labute approximate surface area is 161 Å². The number of pyridine rings is 1. The number of amides is 1. The van der Waals surface area contributed by atoms with Crippen molar-refractivity contribution >= 4 is 27.3 Å². The lowest BCUT2D eigenvalue weighted by atomic mass is 10.2. The number of hydrogen-bond donors (Lipinski definition) is 1. The van der Waals surface area contributed by atoms with Crippen LogP contribution in [0.5, 0.6) is 0 Å². The summed E-state index contributed by atoms with van der Waals surface area (Å²) in [6.07, 6.45) is 3.39. The van der Waals surface area contributed by atoms with Gasteiger partial charge in [0.25, 0.3) is 0 Å². The van der Waals surface area contributed by atoms with Crippen molar-refractivity contribution in [3.8, 4) is 11.3 Å². The molecule has 0 unspecified atom stereocenters. The molecule has 0 spiro atoms. The maximum Gasteiger partial charge on any atom is 0.243 e. The Morgan fingerprint density at radius 1 is 1.15 bits per heavy atom. The predicted octanol–water partition coefficient (Wildman–Crippen LogP) is 2.14. The second kappa shape index (κ2) is 8.38. The minimum atomic E-state index is -3.70. The van der Waals surface area contributed by atoms with Gasteiger partial charge in [-0.2, -0.15) is 4.31 Å². The Bertz CT molecular complexity index is 1010. The van der Waals surface area contributed by atoms with E-state index in [1.54, 1.807) is 30.6 Å². The minimum Gasteiger partial charge on any atom is -0.348 e. The van der Waals surface area contributed by atoms with E-state index in [2.05, 4.69) is 15.3 Å². The summed E-state index contributed by atoms with van der Waals surface area (Å²) < 4.78 is 25.9. The van der Waals surface area contributed by atoms with Crippen LogP contribution in [0.1, 0.15) is 5.01 Å². The maximum absolute atomic E-state index is 12.4. The molecule has 9 heteroatoms. The fraction of sp³-hybridized carbons (Fsp3) is 0.167. The summed E-state index contributed by atoms with van der Waals surface area (Å²) in [5.41, 5.74) is 1.77. The van der Waals surface area contributed by atoms with Crippen LogP contribution >= 0.6 is 11.3 Å². The quantitative estimate of drug-likeness (QED) is 0.654. The highest BCUT2D eigenvalue weighted by Gasteiger charge is 2.22. The van der Waals surface area contributed by atoms with Crippen molar-refractivity contribution in [2.24, 2.45) is 0 Å². The third-order valence-electron chi connectivity index (χ3n) is 3.78. The van der Waals surface area contributed by atoms with Crippen LogP contribution in [0.2, 0.25) is 0 Å². The highest BCUT2D eigenvalue weighted by atomic mass is 32.2. The number of hydrogen-bond acceptors (Lipinski definition) is 6. The first-order valence-electron chi connectivity index (χ1n) is 8.10. The van der Waals surface area contributed by atoms with E-state index in [0.29, 0.717) is 0 Å². The molecule has 7 nitrogen and oxygen atoms in total. The van der Waals surface area contributed by atoms with E-state index in [1.807, 2.05) is 17.5 Å². The maximum atomic E-state index is 12.4. The van der Waals surface area contributed by atoms with Gasteiger partial charge < -0.3 is 5.32 Å². The lowest BCUT2D eigenvalue weighted by Crippen LogP contribution is -2.38. The van der Waals surface area contributed by atoms with Gasteiger partial charge in [0.1, 0.15) is 5.01 Å². The molecule has 0 aliphatic rings. The van der Waals surface area contributed by atoms with Gasteiger partial charge in [-0.05, 0) is 24.3 Å². The van der Waals surface area contributed by atoms with E-state index in [-0.39, 0.29) is 18.0 Å². The van der Waals surface area contributed by atoms with E-state index in [9.17, 15) is 13.2 Å². The smallest absolute Gasteiger partial charge is 0.243 e. The van der Waals surface area contributed by atoms with Crippen molar-refractivity contribution in [2.45, 2.75) is 11.4 Å². The van der Waals surface area contributed by atoms with Crippen LogP contribution in [0.4, 0.5) is 0 Å². The fourth-order valence-corrected chi connectivity index (χ4v) is 4.23. The molecule has 0 radical (unpaired) electrons. The Kier molecular flexibility index (Phi) is 5.94. The number of benzene rings is 1. The molecule has 1 N–H and O–H groups in total. The molecule has 0 atom stereocenters. The lowest BCUT2D eigenvalue weighted by molar-refractivity contribution is -0.121. The van der Waals surface area contributed by atoms with E-state index in [1.165, 1.54) is 30.5 Å². The Balaban J connectivity index is 1.56. The zero-order valence-electron chi connectivity index (χ0n) is 14.6. The summed E-state index contributed by atoms with van der Waals surface area (Å²) in [6, 6.07) is 11.7. The molecule has 140 valence electrons. The van der Waals surface area contributed by atoms with Gasteiger partial charge in [0.05, 0.1) is 23.7 Å². The van der Waals surface area contributed by atoms with Crippen LogP contribution in [0.25, 0.3) is 11.3 Å². The van der Waals surface area contributed by atoms with Gasteiger partial charge >= 0.3 is 0 Å². The van der Waals surface area contributed by atoms with Crippen molar-refractivity contribution in [1.82, 2.24) is 19.6 Å². The van der Waals surface area contributed by atoms with Crippen LogP contribution in [0, 0.1) is 0 Å². The van der Waals surface area contributed by atoms with E-state index >= 15 is 0 Å². The van der Waals surface area contributed by atoms with Gasteiger partial charge in [0, 0.05) is 30.4 Å². The van der Waals surface area contributed by atoms with E-state index < -0.39 is 15.9 Å². The predicted molar refractivity (Wildman–Crippen MR) is 103 cm³/mol. The average Bonchev–Trinajstić information content (AvgIpc) is 3.17. The SMILES string of the molecule is CN(CC(=O)NCc1nc(-c2ccncc2)cs1)S(=O)(=O)c1ccccc1. The number of carbonyl (C=O) groups is 1. The standard InChI is InChI=1S/C18H18N4O3S2/c1-22(27(24,25)15-5-3-2-4-6-15)12-17(23)20-11-18-21-16(13-26-18)14-7-9-19-10-8-14/h2-10,13H,11-12H2,1H3,(H,20,23). The molecule has 0 saturated heterocycles. The van der Waals surface area contributed by atoms with Gasteiger partial charge in [-0.3, -0.25) is 9.78 Å². The third kappa shape index (κ3) is 4.76. The van der Waals surface area contributed by atoms with Gasteiger partial charge in [-0.25, -0.2) is 13.4 Å². The van der Waals surface area contributed by atoms with Gasteiger partial charge in [0.2, 0.25) is 15.9 Å². The van der Waals surface area contributed by atoms with Crippen LogP contribution in [0.15, 0.2) is 65.1 Å². The van der Waals surface area contributed by atoms with Crippen molar-refractivity contribution < 1.29 is 13.2 Å². The van der Waals surface area contributed by atoms with Crippen LogP contribution < -0.4 is 5.32 Å². The largest absolute Gasteiger partial charge is 0.348 e. The molecule has 0 aliphatic carbocycles. The topological polar surface area (TPSA) is 92.3 Å². The number of nitrogens with one attached hydrogen (secondary N) is 1. The molecule has 2 heterocycles. The summed E-state index contributed by atoms with van der Waals surface area (Å²) in [5, 5.41) is 5.35. The highest BCUT2D eigenvalue weighted by molar-refractivity contribution is 7.89. The summed E-state index contributed by atoms with van der Waals surface area (Å²) in [4.78, 5) is 20.7. The summed E-state index contributed by atoms with van der Waals surface area (Å²) >= 11 is 1.43. The molecular formula is C18H18N4O3S2. The zero-order chi connectivity index (χ0) is 19.3. The number of carbonyl (C=O) groups excluding carboxylic acids is 1. The van der Waals surface area contributed by atoms with Crippen molar-refractivity contribution in [3.63, 3.8) is 0 Å². The Hall–Kier alpha value is -2.62. The molecule has 0 bridgehead atoms. The van der Waals surface area contributed by atoms with Gasteiger partial charge in [-0.1, -0.05) is 18.2 Å². The van der Waals surface area contributed by atoms with Gasteiger partial charge in [0.15, 0.2) is 0 Å². The summed E-state index contributed by atoms with van der Waals surface area (Å²) in [7, 11) is -2.31. The lowest BCUT2D eigenvalue weighted by Gasteiger charge is -2.16. The first kappa shape index (κ1) is 19.2. The van der Waals surface area contributed by atoms with Crippen molar-refractivity contribution in [1.29, 1.82) is 0 Å². The number of rotatable bonds is 7. The zero-order valence-corrected chi connectivity index (χ0v) is 16.2. The number of nitrogens with zero attached hydrogens (tertiary/aromatic N) is 3. The molecule has 0 fully saturated rings. The second-order valence-corrected chi connectivity index (χ2v) is 8.70. The van der Waals surface area contributed by atoms with Gasteiger partial charge in [-0.15, -0.1) is 11.3 Å².